The van der Waals surface area contributed by atoms with Gasteiger partial charge in [-0.25, -0.2) is 18.7 Å². The van der Waals surface area contributed by atoms with Crippen molar-refractivity contribution in [3.05, 3.63) is 88.7 Å². The Bertz CT molecular complexity index is 1750. The highest BCUT2D eigenvalue weighted by Gasteiger charge is 2.39. The molecule has 1 fully saturated rings. The first-order valence-electron chi connectivity index (χ1n) is 13.5. The van der Waals surface area contributed by atoms with Gasteiger partial charge < -0.3 is 20.5 Å². The monoisotopic (exact) mass is 558 g/mol. The molecule has 2 atom stereocenters. The van der Waals surface area contributed by atoms with Crippen LogP contribution in [0, 0.1) is 17.6 Å². The lowest BCUT2D eigenvalue weighted by molar-refractivity contribution is 0.391. The van der Waals surface area contributed by atoms with E-state index in [-0.39, 0.29) is 16.4 Å². The minimum atomic E-state index is -0.761. The van der Waals surface area contributed by atoms with Crippen molar-refractivity contribution in [2.75, 3.05) is 19.5 Å². The number of hydrogen-bond acceptors (Lipinski definition) is 7. The largest absolute Gasteiger partial charge is 0.497 e. The van der Waals surface area contributed by atoms with Crippen molar-refractivity contribution in [2.45, 2.75) is 44.7 Å². The molecule has 1 saturated carbocycles. The van der Waals surface area contributed by atoms with E-state index in [1.165, 1.54) is 16.1 Å². The van der Waals surface area contributed by atoms with E-state index in [2.05, 4.69) is 34.6 Å². The lowest BCUT2D eigenvalue weighted by atomic mass is 9.94. The molecule has 212 valence electrons. The van der Waals surface area contributed by atoms with Crippen molar-refractivity contribution >= 4 is 22.5 Å². The number of aromatic nitrogens is 4. The summed E-state index contributed by atoms with van der Waals surface area (Å²) in [6.07, 6.45) is 1.66. The van der Waals surface area contributed by atoms with Crippen molar-refractivity contribution in [1.82, 2.24) is 19.6 Å². The molecule has 0 spiro atoms. The first kappa shape index (κ1) is 26.9. The molecule has 1 aliphatic carbocycles. The Morgan fingerprint density at radius 1 is 1.02 bits per heavy atom. The maximum Gasteiger partial charge on any atom is 0.226 e. The Morgan fingerprint density at radius 3 is 2.51 bits per heavy atom. The molecule has 0 radical (unpaired) electrons. The van der Waals surface area contributed by atoms with Gasteiger partial charge in [-0.1, -0.05) is 24.3 Å². The summed E-state index contributed by atoms with van der Waals surface area (Å²) >= 11 is 0. The number of nitrogens with one attached hydrogen (secondary N) is 1. The van der Waals surface area contributed by atoms with Crippen LogP contribution in [0.4, 0.5) is 14.7 Å². The van der Waals surface area contributed by atoms with E-state index in [1.54, 1.807) is 20.3 Å². The van der Waals surface area contributed by atoms with Crippen molar-refractivity contribution in [2.24, 2.45) is 11.7 Å². The maximum atomic E-state index is 14.9. The summed E-state index contributed by atoms with van der Waals surface area (Å²) in [7, 11) is 3.17. The average Bonchev–Trinajstić information content (AvgIpc) is 3.58. The van der Waals surface area contributed by atoms with Gasteiger partial charge in [-0.2, -0.15) is 4.52 Å². The van der Waals surface area contributed by atoms with Crippen LogP contribution in [0.2, 0.25) is 0 Å². The Kier molecular flexibility index (Phi) is 6.73. The second-order valence-electron chi connectivity index (χ2n) is 11.2. The lowest BCUT2D eigenvalue weighted by Gasteiger charge is -2.19. The molecule has 0 aliphatic heterocycles. The Morgan fingerprint density at radius 2 is 1.80 bits per heavy atom. The summed E-state index contributed by atoms with van der Waals surface area (Å²) < 4.78 is 41.4. The van der Waals surface area contributed by atoms with Gasteiger partial charge in [0.2, 0.25) is 5.95 Å². The van der Waals surface area contributed by atoms with Crippen LogP contribution in [-0.4, -0.2) is 33.8 Å². The van der Waals surface area contributed by atoms with E-state index < -0.39 is 11.6 Å². The first-order valence-corrected chi connectivity index (χ1v) is 13.5. The number of benzene rings is 3. The predicted octanol–water partition coefficient (Wildman–Crippen LogP) is 5.73. The topological polar surface area (TPSA) is 99.6 Å². The SMILES string of the molecule is COc1ccc(CNc2nc3c(F)cc(F)cc3c3nc(C[C@@H]4C[C@H]4c4ccc(C(C)(C)N)cc4)nn23)c(OC)c1. The Hall–Kier alpha value is -4.31. The molecule has 10 heteroatoms. The van der Waals surface area contributed by atoms with E-state index in [1.807, 2.05) is 26.0 Å². The lowest BCUT2D eigenvalue weighted by Crippen LogP contribution is -2.28. The van der Waals surface area contributed by atoms with Crippen LogP contribution in [0.25, 0.3) is 16.6 Å². The molecule has 41 heavy (non-hydrogen) atoms. The van der Waals surface area contributed by atoms with E-state index in [9.17, 15) is 8.78 Å². The fraction of sp³-hybridized carbons (Fsp3) is 0.323. The maximum absolute atomic E-state index is 14.9. The number of nitrogens with zero attached hydrogens (tertiary/aromatic N) is 4. The van der Waals surface area contributed by atoms with Crippen molar-refractivity contribution in [3.63, 3.8) is 0 Å². The molecular weight excluding hydrogens is 526 g/mol. The van der Waals surface area contributed by atoms with Gasteiger partial charge in [-0.15, -0.1) is 5.10 Å². The van der Waals surface area contributed by atoms with Crippen LogP contribution >= 0.6 is 0 Å². The zero-order valence-electron chi connectivity index (χ0n) is 23.4. The highest BCUT2D eigenvalue weighted by atomic mass is 19.1. The van der Waals surface area contributed by atoms with E-state index in [4.69, 9.17) is 25.3 Å². The third-order valence-corrected chi connectivity index (χ3v) is 7.72. The molecule has 8 nitrogen and oxygen atoms in total. The molecule has 6 rings (SSSR count). The molecule has 0 bridgehead atoms. The van der Waals surface area contributed by atoms with Gasteiger partial charge in [-0.05, 0) is 61.4 Å². The van der Waals surface area contributed by atoms with Gasteiger partial charge in [0.1, 0.15) is 22.8 Å². The minimum absolute atomic E-state index is 0.0225. The van der Waals surface area contributed by atoms with Crippen LogP contribution in [0.15, 0.2) is 54.6 Å². The number of fused-ring (bicyclic) bond motifs is 3. The van der Waals surface area contributed by atoms with E-state index in [0.29, 0.717) is 53.7 Å². The fourth-order valence-electron chi connectivity index (χ4n) is 5.33. The van der Waals surface area contributed by atoms with Crippen LogP contribution in [0.5, 0.6) is 11.5 Å². The third kappa shape index (κ3) is 5.27. The molecule has 2 aromatic heterocycles. The summed E-state index contributed by atoms with van der Waals surface area (Å²) in [4.78, 5) is 9.21. The fourth-order valence-corrected chi connectivity index (χ4v) is 5.33. The average molecular weight is 559 g/mol. The Balaban J connectivity index is 1.30. The second-order valence-corrected chi connectivity index (χ2v) is 11.2. The molecule has 5 aromatic rings. The number of rotatable bonds is 9. The minimum Gasteiger partial charge on any atom is -0.497 e. The number of hydrogen-bond donors (Lipinski definition) is 2. The highest BCUT2D eigenvalue weighted by molar-refractivity contribution is 5.92. The van der Waals surface area contributed by atoms with E-state index in [0.717, 1.165) is 23.6 Å². The zero-order chi connectivity index (χ0) is 28.9. The van der Waals surface area contributed by atoms with E-state index >= 15 is 0 Å². The smallest absolute Gasteiger partial charge is 0.226 e. The summed E-state index contributed by atoms with van der Waals surface area (Å²) in [6.45, 7) is 4.30. The molecule has 0 amide bonds. The third-order valence-electron chi connectivity index (χ3n) is 7.72. The summed E-state index contributed by atoms with van der Waals surface area (Å²) in [5.41, 5.74) is 9.40. The second kappa shape index (κ2) is 10.3. The summed E-state index contributed by atoms with van der Waals surface area (Å²) in [5.74, 6) is 1.51. The van der Waals surface area contributed by atoms with Crippen molar-refractivity contribution in [3.8, 4) is 11.5 Å². The van der Waals surface area contributed by atoms with Crippen LogP contribution in [-0.2, 0) is 18.5 Å². The van der Waals surface area contributed by atoms with Gasteiger partial charge in [0, 0.05) is 36.2 Å². The number of methoxy groups -OCH3 is 2. The van der Waals surface area contributed by atoms with Gasteiger partial charge in [0.05, 0.1) is 19.6 Å². The molecule has 3 aromatic carbocycles. The molecule has 3 N–H and O–H groups in total. The van der Waals surface area contributed by atoms with Gasteiger partial charge >= 0.3 is 0 Å². The number of anilines is 1. The first-order chi connectivity index (χ1) is 19.6. The van der Waals surface area contributed by atoms with Gasteiger partial charge in [-0.3, -0.25) is 0 Å². The van der Waals surface area contributed by atoms with Crippen LogP contribution in [0.3, 0.4) is 0 Å². The van der Waals surface area contributed by atoms with Crippen LogP contribution < -0.4 is 20.5 Å². The zero-order valence-corrected chi connectivity index (χ0v) is 23.4. The predicted molar refractivity (Wildman–Crippen MR) is 153 cm³/mol. The molecular formula is C31H32F2N6O2. The van der Waals surface area contributed by atoms with Gasteiger partial charge in [0.25, 0.3) is 0 Å². The molecule has 1 aliphatic rings. The molecule has 0 unspecified atom stereocenters. The normalized spacial score (nSPS) is 16.8. The van der Waals surface area contributed by atoms with Crippen LogP contribution in [0.1, 0.15) is 48.7 Å². The molecule has 2 heterocycles. The Labute approximate surface area is 236 Å². The quantitative estimate of drug-likeness (QED) is 0.239. The van der Waals surface area contributed by atoms with Gasteiger partial charge in [0.15, 0.2) is 17.3 Å². The van der Waals surface area contributed by atoms with Crippen molar-refractivity contribution in [1.29, 1.82) is 0 Å². The number of ether oxygens (including phenoxy) is 2. The summed E-state index contributed by atoms with van der Waals surface area (Å²) in [6, 6.07) is 16.0. The van der Waals surface area contributed by atoms with Crippen molar-refractivity contribution < 1.29 is 18.3 Å². The number of halogens is 2. The standard InChI is InChI=1S/C31H32F2N6O2/c1-31(2,34)20-8-5-17(6-9-20)23-11-19(23)12-27-36-29-24-13-21(32)14-25(33)28(24)37-30(39(29)38-27)35-16-18-7-10-22(40-3)15-26(18)41-4/h5-10,13-15,19,23H,11-12,16,34H2,1-4H3,(H,35,37)/t19-,23-/m0/s1. The highest BCUT2D eigenvalue weighted by Crippen LogP contribution is 2.49. The molecule has 0 saturated heterocycles. The summed E-state index contributed by atoms with van der Waals surface area (Å²) in [5, 5.41) is 8.23. The number of nitrogens with two attached hydrogens (primary N) is 1.